The maximum absolute atomic E-state index is 10.4. The Bertz CT molecular complexity index is 2380. The number of aryl methyl sites for hydroxylation is 6. The smallest absolute Gasteiger partial charge is 0.110 e. The average molecular weight is 789 g/mol. The van der Waals surface area contributed by atoms with Crippen LogP contribution >= 0.6 is 45.3 Å². The van der Waals surface area contributed by atoms with Crippen molar-refractivity contribution in [3.8, 4) is 12.1 Å². The number of thiophene rings is 4. The van der Waals surface area contributed by atoms with Crippen LogP contribution in [-0.4, -0.2) is 0 Å². The molecule has 7 aromatic rings. The van der Waals surface area contributed by atoms with E-state index in [0.29, 0.717) is 0 Å². The van der Waals surface area contributed by atoms with Crippen LogP contribution in [0.3, 0.4) is 0 Å². The molecular formula is C48H56N2S4. The van der Waals surface area contributed by atoms with Gasteiger partial charge in [-0.1, -0.05) is 80.1 Å². The van der Waals surface area contributed by atoms with E-state index < -0.39 is 0 Å². The fourth-order valence-electron chi connectivity index (χ4n) is 8.95. The van der Waals surface area contributed by atoms with Crippen LogP contribution in [0.25, 0.3) is 60.5 Å². The Morgan fingerprint density at radius 2 is 0.630 bits per heavy atom. The van der Waals surface area contributed by atoms with E-state index >= 15 is 0 Å². The van der Waals surface area contributed by atoms with Crippen molar-refractivity contribution in [3.05, 3.63) is 55.3 Å². The fourth-order valence-corrected chi connectivity index (χ4v) is 14.1. The summed E-state index contributed by atoms with van der Waals surface area (Å²) >= 11 is 7.65. The zero-order valence-electron chi connectivity index (χ0n) is 33.4. The maximum Gasteiger partial charge on any atom is 0.110 e. The molecule has 3 aromatic carbocycles. The summed E-state index contributed by atoms with van der Waals surface area (Å²) in [5, 5.41) is 29.1. The number of benzene rings is 3. The summed E-state index contributed by atoms with van der Waals surface area (Å²) in [6, 6.07) is 9.65. The minimum absolute atomic E-state index is 0.828. The normalized spacial score (nSPS) is 12.1. The average Bonchev–Trinajstić information content (AvgIpc) is 3.98. The lowest BCUT2D eigenvalue weighted by Gasteiger charge is -2.15. The van der Waals surface area contributed by atoms with Gasteiger partial charge >= 0.3 is 0 Å². The van der Waals surface area contributed by atoms with E-state index in [2.05, 4.69) is 88.5 Å². The number of unbranched alkanes of at least 4 members (excludes halogenated alkanes) is 6. The third kappa shape index (κ3) is 6.78. The topological polar surface area (TPSA) is 47.6 Å². The Morgan fingerprint density at radius 3 is 0.889 bits per heavy atom. The Balaban J connectivity index is 1.80. The molecule has 0 aliphatic heterocycles. The van der Waals surface area contributed by atoms with Crippen LogP contribution in [0.15, 0.2) is 12.1 Å². The van der Waals surface area contributed by atoms with Gasteiger partial charge in [-0.2, -0.15) is 10.5 Å². The van der Waals surface area contributed by atoms with Crippen molar-refractivity contribution in [2.45, 2.75) is 157 Å². The highest BCUT2D eigenvalue weighted by Gasteiger charge is 2.29. The Kier molecular flexibility index (Phi) is 12.7. The summed E-state index contributed by atoms with van der Waals surface area (Å²) in [5.41, 5.74) is 9.34. The van der Waals surface area contributed by atoms with Crippen LogP contribution in [0.2, 0.25) is 0 Å². The molecule has 0 radical (unpaired) electrons. The van der Waals surface area contributed by atoms with Crippen molar-refractivity contribution in [2.24, 2.45) is 0 Å². The monoisotopic (exact) mass is 788 g/mol. The van der Waals surface area contributed by atoms with Gasteiger partial charge in [-0.15, -0.1) is 45.3 Å². The summed E-state index contributed by atoms with van der Waals surface area (Å²) in [5.74, 6) is 0. The van der Waals surface area contributed by atoms with Gasteiger partial charge in [0.05, 0.1) is 0 Å². The molecule has 0 bridgehead atoms. The third-order valence-electron chi connectivity index (χ3n) is 11.7. The van der Waals surface area contributed by atoms with Gasteiger partial charge in [-0.25, -0.2) is 0 Å². The molecule has 0 spiro atoms. The molecule has 0 aliphatic rings. The van der Waals surface area contributed by atoms with Gasteiger partial charge in [-0.05, 0) is 123 Å². The van der Waals surface area contributed by atoms with Crippen molar-refractivity contribution >= 4 is 106 Å². The summed E-state index contributed by atoms with van der Waals surface area (Å²) in [7, 11) is 0. The summed E-state index contributed by atoms with van der Waals surface area (Å²) in [6.07, 6.45) is 20.7. The summed E-state index contributed by atoms with van der Waals surface area (Å²) in [6.45, 7) is 13.9. The molecule has 4 heterocycles. The van der Waals surface area contributed by atoms with Crippen LogP contribution in [0.1, 0.15) is 162 Å². The minimum Gasteiger partial charge on any atom is -0.192 e. The van der Waals surface area contributed by atoms with Crippen LogP contribution in [-0.2, 0) is 38.5 Å². The molecule has 0 saturated carbocycles. The number of hydrogen-bond acceptors (Lipinski definition) is 6. The molecular weight excluding hydrogens is 733 g/mol. The molecule has 0 aliphatic carbocycles. The lowest BCUT2D eigenvalue weighted by atomic mass is 9.88. The molecule has 0 unspecified atom stereocenters. The lowest BCUT2D eigenvalue weighted by molar-refractivity contribution is 0.766. The first-order chi connectivity index (χ1) is 26.5. The number of hydrogen-bond donors (Lipinski definition) is 0. The number of nitrogens with zero attached hydrogens (tertiary/aromatic N) is 2. The van der Waals surface area contributed by atoms with Crippen LogP contribution < -0.4 is 0 Å². The molecule has 0 saturated heterocycles. The highest BCUT2D eigenvalue weighted by Crippen LogP contribution is 2.55. The highest BCUT2D eigenvalue weighted by atomic mass is 32.1. The van der Waals surface area contributed by atoms with Gasteiger partial charge < -0.3 is 0 Å². The molecule has 2 nitrogen and oxygen atoms in total. The molecule has 6 heteroatoms. The third-order valence-corrected chi connectivity index (χ3v) is 16.5. The number of fused-ring (bicyclic) bond motifs is 11. The molecule has 0 atom stereocenters. The lowest BCUT2D eigenvalue weighted by Crippen LogP contribution is -1.97. The van der Waals surface area contributed by atoms with E-state index in [-0.39, 0.29) is 0 Å². The van der Waals surface area contributed by atoms with Crippen molar-refractivity contribution in [1.82, 2.24) is 0 Å². The van der Waals surface area contributed by atoms with Crippen LogP contribution in [0, 0.1) is 22.7 Å². The summed E-state index contributed by atoms with van der Waals surface area (Å²) < 4.78 is 8.68. The van der Waals surface area contributed by atoms with E-state index in [1.54, 1.807) is 44.9 Å². The predicted molar refractivity (Wildman–Crippen MR) is 244 cm³/mol. The zero-order chi connectivity index (χ0) is 37.9. The van der Waals surface area contributed by atoms with E-state index in [4.69, 9.17) is 0 Å². The van der Waals surface area contributed by atoms with Gasteiger partial charge in [0.25, 0.3) is 0 Å². The summed E-state index contributed by atoms with van der Waals surface area (Å²) in [4.78, 5) is 1.66. The van der Waals surface area contributed by atoms with Crippen molar-refractivity contribution in [2.75, 3.05) is 0 Å². The first kappa shape index (κ1) is 39.2. The zero-order valence-corrected chi connectivity index (χ0v) is 36.7. The van der Waals surface area contributed by atoms with E-state index in [9.17, 15) is 10.5 Å². The SMILES string of the molecule is CCCCc1c(CCCC)c2sc3c(CCCC)c(CCCC)c4sc5c(CCCC)c(CCCC)c6sc(C#N)cc6c5c4c3c2c2cc(C#N)sc12. The van der Waals surface area contributed by atoms with Crippen molar-refractivity contribution in [3.63, 3.8) is 0 Å². The van der Waals surface area contributed by atoms with Crippen LogP contribution in [0.4, 0.5) is 0 Å². The molecule has 54 heavy (non-hydrogen) atoms. The van der Waals surface area contributed by atoms with Gasteiger partial charge in [0.2, 0.25) is 0 Å². The Hall–Kier alpha value is -3.00. The van der Waals surface area contributed by atoms with Gasteiger partial charge in [-0.3, -0.25) is 0 Å². The first-order valence-corrected chi connectivity index (χ1v) is 24.4. The molecule has 0 N–H and O–H groups in total. The Morgan fingerprint density at radius 1 is 0.370 bits per heavy atom. The number of rotatable bonds is 18. The highest BCUT2D eigenvalue weighted by molar-refractivity contribution is 7.29. The predicted octanol–water partition coefficient (Wildman–Crippen LogP) is 16.7. The van der Waals surface area contributed by atoms with E-state index in [1.807, 2.05) is 0 Å². The standard InChI is InChI=1S/C48H56N2S4/c1-7-13-19-31-33(21-15-9-3)45-39(37-25-29(27-49)51-43(31)37)41-42-40-38-26-30(28-50)52-44(38)32(20-14-8-2)34(22-16-10-4)46(40)54-48(42)36(24-18-12-6)35(23-17-11-5)47(41)53-45/h25-26H,7-24H2,1-6H3. The second-order valence-electron chi connectivity index (χ2n) is 15.4. The molecule has 282 valence electrons. The number of nitriles is 2. The minimum atomic E-state index is 0.828. The van der Waals surface area contributed by atoms with Gasteiger partial charge in [0.15, 0.2) is 0 Å². The molecule has 7 rings (SSSR count). The second kappa shape index (κ2) is 17.4. The second-order valence-corrected chi connectivity index (χ2v) is 19.6. The quantitative estimate of drug-likeness (QED) is 0.0869. The largest absolute Gasteiger partial charge is 0.192 e. The van der Waals surface area contributed by atoms with E-state index in [1.165, 1.54) is 149 Å². The fraction of sp³-hybridized carbons (Fsp3) is 0.500. The first-order valence-electron chi connectivity index (χ1n) is 21.1. The molecule has 0 amide bonds. The molecule has 4 aromatic heterocycles. The maximum atomic E-state index is 10.4. The van der Waals surface area contributed by atoms with Gasteiger partial charge in [0.1, 0.15) is 21.9 Å². The van der Waals surface area contributed by atoms with Gasteiger partial charge in [0, 0.05) is 60.5 Å². The van der Waals surface area contributed by atoms with Crippen molar-refractivity contribution in [1.29, 1.82) is 10.5 Å². The Labute approximate surface area is 338 Å². The van der Waals surface area contributed by atoms with Crippen molar-refractivity contribution < 1.29 is 0 Å². The van der Waals surface area contributed by atoms with E-state index in [0.717, 1.165) is 48.3 Å². The molecule has 0 fully saturated rings. The van der Waals surface area contributed by atoms with Crippen LogP contribution in [0.5, 0.6) is 0 Å².